The molecule has 0 spiro atoms. The van der Waals surface area contributed by atoms with Crippen molar-refractivity contribution in [2.24, 2.45) is 5.92 Å². The SMILES string of the molecule is Cc1cccc(-c2nnc(NC(=O)[C@@H](NC(=O)c3ccc4ccccc4c3)C(C)C)s2)c1. The number of hydrogen-bond donors (Lipinski definition) is 2. The number of amides is 2. The van der Waals surface area contributed by atoms with Crippen molar-refractivity contribution >= 4 is 39.1 Å². The van der Waals surface area contributed by atoms with Crippen molar-refractivity contribution in [2.45, 2.75) is 26.8 Å². The smallest absolute Gasteiger partial charge is 0.251 e. The van der Waals surface area contributed by atoms with E-state index in [9.17, 15) is 9.59 Å². The summed E-state index contributed by atoms with van der Waals surface area (Å²) in [5.74, 6) is -0.716. The molecule has 1 atom stereocenters. The van der Waals surface area contributed by atoms with Crippen LogP contribution in [0.25, 0.3) is 21.3 Å². The molecule has 3 aromatic carbocycles. The number of carbonyl (C=O) groups excluding carboxylic acids is 2. The van der Waals surface area contributed by atoms with Gasteiger partial charge in [0.05, 0.1) is 0 Å². The van der Waals surface area contributed by atoms with Gasteiger partial charge in [0.2, 0.25) is 11.0 Å². The molecule has 162 valence electrons. The van der Waals surface area contributed by atoms with E-state index in [0.717, 1.165) is 26.9 Å². The first kappa shape index (κ1) is 21.6. The van der Waals surface area contributed by atoms with Crippen LogP contribution in [-0.2, 0) is 4.79 Å². The number of anilines is 1. The molecule has 0 saturated carbocycles. The molecule has 0 saturated heterocycles. The number of benzene rings is 3. The van der Waals surface area contributed by atoms with Gasteiger partial charge in [-0.3, -0.25) is 14.9 Å². The van der Waals surface area contributed by atoms with Crippen molar-refractivity contribution in [3.05, 3.63) is 77.9 Å². The molecular weight excluding hydrogens is 420 g/mol. The van der Waals surface area contributed by atoms with Crippen LogP contribution in [0.2, 0.25) is 0 Å². The molecule has 0 unspecified atom stereocenters. The Balaban J connectivity index is 1.47. The second-order valence-electron chi connectivity index (χ2n) is 8.03. The molecular formula is C25H24N4O2S. The van der Waals surface area contributed by atoms with E-state index in [-0.39, 0.29) is 17.7 Å². The third-order valence-corrected chi connectivity index (χ3v) is 6.06. The van der Waals surface area contributed by atoms with Gasteiger partial charge in [-0.25, -0.2) is 0 Å². The van der Waals surface area contributed by atoms with Crippen molar-refractivity contribution in [3.8, 4) is 10.6 Å². The molecule has 0 fully saturated rings. The number of rotatable bonds is 6. The average molecular weight is 445 g/mol. The highest BCUT2D eigenvalue weighted by atomic mass is 32.1. The molecule has 2 amide bonds. The lowest BCUT2D eigenvalue weighted by atomic mass is 10.0. The van der Waals surface area contributed by atoms with Crippen LogP contribution in [0.15, 0.2) is 66.7 Å². The van der Waals surface area contributed by atoms with E-state index in [2.05, 4.69) is 20.8 Å². The number of nitrogens with one attached hydrogen (secondary N) is 2. The fraction of sp³-hybridized carbons (Fsp3) is 0.200. The Labute approximate surface area is 190 Å². The minimum absolute atomic E-state index is 0.108. The van der Waals surface area contributed by atoms with Crippen molar-refractivity contribution < 1.29 is 9.59 Å². The van der Waals surface area contributed by atoms with Crippen LogP contribution in [0.5, 0.6) is 0 Å². The quantitative estimate of drug-likeness (QED) is 0.435. The van der Waals surface area contributed by atoms with E-state index in [0.29, 0.717) is 10.7 Å². The van der Waals surface area contributed by atoms with E-state index >= 15 is 0 Å². The van der Waals surface area contributed by atoms with Crippen molar-refractivity contribution in [1.29, 1.82) is 0 Å². The van der Waals surface area contributed by atoms with Gasteiger partial charge in [0.1, 0.15) is 11.0 Å². The molecule has 0 aliphatic rings. The molecule has 0 aliphatic carbocycles. The maximum Gasteiger partial charge on any atom is 0.251 e. The van der Waals surface area contributed by atoms with Crippen LogP contribution in [0.3, 0.4) is 0 Å². The van der Waals surface area contributed by atoms with Crippen molar-refractivity contribution in [3.63, 3.8) is 0 Å². The molecule has 4 aromatic rings. The van der Waals surface area contributed by atoms with Gasteiger partial charge in [0.15, 0.2) is 0 Å². The first-order valence-electron chi connectivity index (χ1n) is 10.4. The Kier molecular flexibility index (Phi) is 6.28. The summed E-state index contributed by atoms with van der Waals surface area (Å²) in [6.07, 6.45) is 0. The number of hydrogen-bond acceptors (Lipinski definition) is 5. The van der Waals surface area contributed by atoms with Gasteiger partial charge in [0.25, 0.3) is 5.91 Å². The summed E-state index contributed by atoms with van der Waals surface area (Å²) in [6.45, 7) is 5.80. The molecule has 2 N–H and O–H groups in total. The molecule has 4 rings (SSSR count). The summed E-state index contributed by atoms with van der Waals surface area (Å²) in [7, 11) is 0. The van der Waals surface area contributed by atoms with Gasteiger partial charge >= 0.3 is 0 Å². The summed E-state index contributed by atoms with van der Waals surface area (Å²) in [5, 5.41) is 17.1. The second kappa shape index (κ2) is 9.28. The zero-order valence-corrected chi connectivity index (χ0v) is 18.9. The molecule has 0 radical (unpaired) electrons. The summed E-state index contributed by atoms with van der Waals surface area (Å²) in [4.78, 5) is 25.8. The Bertz CT molecular complexity index is 1280. The van der Waals surface area contributed by atoms with Gasteiger partial charge in [-0.15, -0.1) is 10.2 Å². The lowest BCUT2D eigenvalue weighted by Gasteiger charge is -2.21. The van der Waals surface area contributed by atoms with E-state index in [1.807, 2.05) is 81.4 Å². The van der Waals surface area contributed by atoms with Crippen LogP contribution >= 0.6 is 11.3 Å². The minimum Gasteiger partial charge on any atom is -0.340 e. The van der Waals surface area contributed by atoms with E-state index < -0.39 is 6.04 Å². The monoisotopic (exact) mass is 444 g/mol. The van der Waals surface area contributed by atoms with Gasteiger partial charge in [-0.1, -0.05) is 79.3 Å². The summed E-state index contributed by atoms with van der Waals surface area (Å²) in [5.41, 5.74) is 2.59. The average Bonchev–Trinajstić information content (AvgIpc) is 3.25. The Morgan fingerprint density at radius 1 is 0.906 bits per heavy atom. The molecule has 7 heteroatoms. The van der Waals surface area contributed by atoms with Gasteiger partial charge in [-0.05, 0) is 41.8 Å². The highest BCUT2D eigenvalue weighted by Gasteiger charge is 2.26. The third kappa shape index (κ3) is 4.84. The normalized spacial score (nSPS) is 12.0. The molecule has 1 heterocycles. The largest absolute Gasteiger partial charge is 0.340 e. The van der Waals surface area contributed by atoms with E-state index in [4.69, 9.17) is 0 Å². The van der Waals surface area contributed by atoms with Gasteiger partial charge in [0, 0.05) is 11.1 Å². The molecule has 6 nitrogen and oxygen atoms in total. The fourth-order valence-electron chi connectivity index (χ4n) is 3.44. The highest BCUT2D eigenvalue weighted by Crippen LogP contribution is 2.27. The number of aromatic nitrogens is 2. The Morgan fingerprint density at radius 3 is 2.44 bits per heavy atom. The van der Waals surface area contributed by atoms with Crippen molar-refractivity contribution in [1.82, 2.24) is 15.5 Å². The number of fused-ring (bicyclic) bond motifs is 1. The van der Waals surface area contributed by atoms with Crippen LogP contribution in [0.1, 0.15) is 29.8 Å². The van der Waals surface area contributed by atoms with Crippen molar-refractivity contribution in [2.75, 3.05) is 5.32 Å². The van der Waals surface area contributed by atoms with E-state index in [1.165, 1.54) is 11.3 Å². The zero-order chi connectivity index (χ0) is 22.7. The maximum atomic E-state index is 12.9. The van der Waals surface area contributed by atoms with Crippen LogP contribution in [0.4, 0.5) is 5.13 Å². The van der Waals surface area contributed by atoms with Crippen LogP contribution in [0, 0.1) is 12.8 Å². The van der Waals surface area contributed by atoms with Gasteiger partial charge < -0.3 is 5.32 Å². The first-order chi connectivity index (χ1) is 15.4. The van der Waals surface area contributed by atoms with Crippen LogP contribution < -0.4 is 10.6 Å². The maximum absolute atomic E-state index is 12.9. The predicted octanol–water partition coefficient (Wildman–Crippen LogP) is 5.06. The summed E-state index contributed by atoms with van der Waals surface area (Å²) >= 11 is 1.30. The van der Waals surface area contributed by atoms with Crippen LogP contribution in [-0.4, -0.2) is 28.1 Å². The lowest BCUT2D eigenvalue weighted by molar-refractivity contribution is -0.118. The summed E-state index contributed by atoms with van der Waals surface area (Å²) < 4.78 is 0. The number of nitrogens with zero attached hydrogens (tertiary/aromatic N) is 2. The zero-order valence-electron chi connectivity index (χ0n) is 18.1. The molecule has 32 heavy (non-hydrogen) atoms. The Morgan fingerprint density at radius 2 is 1.69 bits per heavy atom. The number of aryl methyl sites for hydroxylation is 1. The molecule has 0 bridgehead atoms. The number of carbonyl (C=O) groups is 2. The van der Waals surface area contributed by atoms with E-state index in [1.54, 1.807) is 6.07 Å². The third-order valence-electron chi connectivity index (χ3n) is 5.17. The second-order valence-corrected chi connectivity index (χ2v) is 9.01. The predicted molar refractivity (Wildman–Crippen MR) is 129 cm³/mol. The molecule has 1 aromatic heterocycles. The fourth-order valence-corrected chi connectivity index (χ4v) is 4.18. The van der Waals surface area contributed by atoms with Gasteiger partial charge in [-0.2, -0.15) is 0 Å². The first-order valence-corrected chi connectivity index (χ1v) is 11.2. The lowest BCUT2D eigenvalue weighted by Crippen LogP contribution is -2.47. The topological polar surface area (TPSA) is 84.0 Å². The standard InChI is InChI=1S/C25H24N4O2S/c1-15(2)21(26-22(30)19-12-11-17-8-4-5-9-18(17)14-19)23(31)27-25-29-28-24(32-25)20-10-6-7-16(3)13-20/h4-15,21H,1-3H3,(H,26,30)(H,27,29,31)/t21-/m0/s1. The molecule has 0 aliphatic heterocycles. The summed E-state index contributed by atoms with van der Waals surface area (Å²) in [6, 6.07) is 20.6. The minimum atomic E-state index is -0.708. The highest BCUT2D eigenvalue weighted by molar-refractivity contribution is 7.18. The Hall–Kier alpha value is -3.58.